The van der Waals surface area contributed by atoms with E-state index in [0.717, 1.165) is 19.3 Å². The minimum atomic E-state index is -3.64. The van der Waals surface area contributed by atoms with Gasteiger partial charge in [-0.05, 0) is 43.4 Å². The Kier molecular flexibility index (Phi) is 7.32. The highest BCUT2D eigenvalue weighted by atomic mass is 32.2. The van der Waals surface area contributed by atoms with Crippen molar-refractivity contribution in [1.82, 2.24) is 9.62 Å². The van der Waals surface area contributed by atoms with Gasteiger partial charge in [0, 0.05) is 38.0 Å². The number of amides is 1. The molecule has 32 heavy (non-hydrogen) atoms. The molecular formula is C24H30N2O5S. The quantitative estimate of drug-likeness (QED) is 0.645. The van der Waals surface area contributed by atoms with Crippen LogP contribution >= 0.6 is 0 Å². The number of rotatable bonds is 7. The lowest BCUT2D eigenvalue weighted by molar-refractivity contribution is -0.126. The van der Waals surface area contributed by atoms with Crippen LogP contribution in [0.15, 0.2) is 53.4 Å². The molecule has 0 aliphatic carbocycles. The SMILES string of the molecule is O=C(NCCCc1ccccc1)C1CCN(S(=O)(=O)c2ccc3c(c2)OCCCO3)CC1. The lowest BCUT2D eigenvalue weighted by Gasteiger charge is -2.30. The van der Waals surface area contributed by atoms with Crippen LogP contribution in [0.4, 0.5) is 0 Å². The van der Waals surface area contributed by atoms with Crippen LogP contribution in [0.5, 0.6) is 11.5 Å². The zero-order valence-corrected chi connectivity index (χ0v) is 19.0. The normalized spacial score (nSPS) is 17.5. The first-order chi connectivity index (χ1) is 15.5. The summed E-state index contributed by atoms with van der Waals surface area (Å²) < 4.78 is 38.9. The van der Waals surface area contributed by atoms with Gasteiger partial charge in [0.2, 0.25) is 15.9 Å². The molecule has 0 radical (unpaired) electrons. The maximum absolute atomic E-state index is 13.1. The Bertz CT molecular complexity index is 1020. The number of hydrogen-bond donors (Lipinski definition) is 1. The Labute approximate surface area is 189 Å². The molecule has 1 saturated heterocycles. The standard InChI is InChI=1S/C24H30N2O5S/c27-24(25-13-4-8-19-6-2-1-3-7-19)20-11-14-26(15-12-20)32(28,29)21-9-10-22-23(18-21)31-17-5-16-30-22/h1-3,6-7,9-10,18,20H,4-5,8,11-17H2,(H,25,27). The molecule has 2 aliphatic heterocycles. The van der Waals surface area contributed by atoms with Gasteiger partial charge >= 0.3 is 0 Å². The van der Waals surface area contributed by atoms with Crippen molar-refractivity contribution >= 4 is 15.9 Å². The van der Waals surface area contributed by atoms with Crippen molar-refractivity contribution < 1.29 is 22.7 Å². The fourth-order valence-electron chi connectivity index (χ4n) is 4.10. The Morgan fingerprint density at radius 1 is 1.00 bits per heavy atom. The van der Waals surface area contributed by atoms with Crippen LogP contribution in [-0.4, -0.2) is 51.5 Å². The van der Waals surface area contributed by atoms with E-state index in [1.54, 1.807) is 18.2 Å². The topological polar surface area (TPSA) is 84.9 Å². The highest BCUT2D eigenvalue weighted by molar-refractivity contribution is 7.89. The summed E-state index contributed by atoms with van der Waals surface area (Å²) in [6, 6.07) is 15.0. The minimum Gasteiger partial charge on any atom is -0.490 e. The van der Waals surface area contributed by atoms with E-state index in [2.05, 4.69) is 17.4 Å². The van der Waals surface area contributed by atoms with Gasteiger partial charge in [-0.3, -0.25) is 4.79 Å². The van der Waals surface area contributed by atoms with Crippen LogP contribution < -0.4 is 14.8 Å². The fraction of sp³-hybridized carbons (Fsp3) is 0.458. The predicted octanol–water partition coefficient (Wildman–Crippen LogP) is 3.00. The van der Waals surface area contributed by atoms with Crippen molar-refractivity contribution in [2.45, 2.75) is 37.0 Å². The fourth-order valence-corrected chi connectivity index (χ4v) is 5.59. The molecule has 2 aromatic carbocycles. The Morgan fingerprint density at radius 2 is 1.72 bits per heavy atom. The van der Waals surface area contributed by atoms with Gasteiger partial charge in [0.1, 0.15) is 0 Å². The molecular weight excluding hydrogens is 428 g/mol. The van der Waals surface area contributed by atoms with Crippen molar-refractivity contribution in [3.63, 3.8) is 0 Å². The number of fused-ring (bicyclic) bond motifs is 1. The molecule has 0 unspecified atom stereocenters. The summed E-state index contributed by atoms with van der Waals surface area (Å²) in [6.45, 7) is 2.35. The second-order valence-corrected chi connectivity index (χ2v) is 10.2. The van der Waals surface area contributed by atoms with Gasteiger partial charge in [-0.15, -0.1) is 0 Å². The Balaban J connectivity index is 1.27. The average Bonchev–Trinajstić information content (AvgIpc) is 3.07. The van der Waals surface area contributed by atoms with E-state index in [4.69, 9.17) is 9.47 Å². The molecule has 1 N–H and O–H groups in total. The third kappa shape index (κ3) is 5.42. The van der Waals surface area contributed by atoms with Crippen molar-refractivity contribution in [3.8, 4) is 11.5 Å². The van der Waals surface area contributed by atoms with Gasteiger partial charge < -0.3 is 14.8 Å². The van der Waals surface area contributed by atoms with Crippen molar-refractivity contribution in [2.24, 2.45) is 5.92 Å². The first-order valence-electron chi connectivity index (χ1n) is 11.3. The first-order valence-corrected chi connectivity index (χ1v) is 12.7. The summed E-state index contributed by atoms with van der Waals surface area (Å²) in [4.78, 5) is 12.7. The molecule has 0 spiro atoms. The van der Waals surface area contributed by atoms with Crippen molar-refractivity contribution in [1.29, 1.82) is 0 Å². The van der Waals surface area contributed by atoms with E-state index in [9.17, 15) is 13.2 Å². The molecule has 0 atom stereocenters. The summed E-state index contributed by atoms with van der Waals surface area (Å²) in [5, 5.41) is 3.01. The van der Waals surface area contributed by atoms with Gasteiger partial charge in [0.05, 0.1) is 18.1 Å². The zero-order valence-electron chi connectivity index (χ0n) is 18.2. The number of piperidine rings is 1. The summed E-state index contributed by atoms with van der Waals surface area (Å²) in [7, 11) is -3.64. The predicted molar refractivity (Wildman–Crippen MR) is 121 cm³/mol. The summed E-state index contributed by atoms with van der Waals surface area (Å²) in [5.41, 5.74) is 1.26. The molecule has 1 fully saturated rings. The zero-order chi connectivity index (χ0) is 22.4. The van der Waals surface area contributed by atoms with Crippen molar-refractivity contribution in [3.05, 3.63) is 54.1 Å². The van der Waals surface area contributed by atoms with Crippen molar-refractivity contribution in [2.75, 3.05) is 32.8 Å². The maximum atomic E-state index is 13.1. The molecule has 172 valence electrons. The molecule has 2 aliphatic rings. The monoisotopic (exact) mass is 458 g/mol. The molecule has 0 bridgehead atoms. The summed E-state index contributed by atoms with van der Waals surface area (Å²) in [6.07, 6.45) is 3.61. The van der Waals surface area contributed by atoms with Crippen LogP contribution in [0.3, 0.4) is 0 Å². The minimum absolute atomic E-state index is 0.0192. The molecule has 0 saturated carbocycles. The average molecular weight is 459 g/mol. The van der Waals surface area contributed by atoms with E-state index in [1.165, 1.54) is 9.87 Å². The molecule has 2 heterocycles. The van der Waals surface area contributed by atoms with E-state index >= 15 is 0 Å². The van der Waals surface area contributed by atoms with E-state index in [0.29, 0.717) is 57.2 Å². The largest absolute Gasteiger partial charge is 0.490 e. The highest BCUT2D eigenvalue weighted by Crippen LogP contribution is 2.33. The Morgan fingerprint density at radius 3 is 2.47 bits per heavy atom. The number of nitrogens with zero attached hydrogens (tertiary/aromatic N) is 1. The maximum Gasteiger partial charge on any atom is 0.243 e. The number of nitrogens with one attached hydrogen (secondary N) is 1. The number of aryl methyl sites for hydroxylation is 1. The number of hydrogen-bond acceptors (Lipinski definition) is 5. The second kappa shape index (κ2) is 10.4. The van der Waals surface area contributed by atoms with Gasteiger partial charge in [0.15, 0.2) is 11.5 Å². The second-order valence-electron chi connectivity index (χ2n) is 8.22. The van der Waals surface area contributed by atoms with E-state index < -0.39 is 10.0 Å². The van der Waals surface area contributed by atoms with Gasteiger partial charge in [-0.1, -0.05) is 30.3 Å². The molecule has 7 nitrogen and oxygen atoms in total. The number of carbonyl (C=O) groups excluding carboxylic acids is 1. The molecule has 8 heteroatoms. The summed E-state index contributed by atoms with van der Waals surface area (Å²) in [5.74, 6) is 0.907. The number of carbonyl (C=O) groups is 1. The van der Waals surface area contributed by atoms with Crippen LogP contribution in [0, 0.1) is 5.92 Å². The lowest BCUT2D eigenvalue weighted by Crippen LogP contribution is -2.43. The first kappa shape index (κ1) is 22.6. The molecule has 0 aromatic heterocycles. The van der Waals surface area contributed by atoms with E-state index in [1.807, 2.05) is 18.2 Å². The summed E-state index contributed by atoms with van der Waals surface area (Å²) >= 11 is 0. The number of benzene rings is 2. The van der Waals surface area contributed by atoms with Crippen LogP contribution in [0.1, 0.15) is 31.2 Å². The molecule has 4 rings (SSSR count). The van der Waals surface area contributed by atoms with Crippen LogP contribution in [0.2, 0.25) is 0 Å². The number of sulfonamides is 1. The molecule has 2 aromatic rings. The van der Waals surface area contributed by atoms with Gasteiger partial charge in [0.25, 0.3) is 0 Å². The van der Waals surface area contributed by atoms with E-state index in [-0.39, 0.29) is 16.7 Å². The van der Waals surface area contributed by atoms with Crippen LogP contribution in [-0.2, 0) is 21.2 Å². The highest BCUT2D eigenvalue weighted by Gasteiger charge is 2.32. The van der Waals surface area contributed by atoms with Gasteiger partial charge in [-0.2, -0.15) is 4.31 Å². The van der Waals surface area contributed by atoms with Gasteiger partial charge in [-0.25, -0.2) is 8.42 Å². The molecule has 1 amide bonds. The third-order valence-corrected chi connectivity index (χ3v) is 7.86. The third-order valence-electron chi connectivity index (χ3n) is 5.97. The van der Waals surface area contributed by atoms with Crippen LogP contribution in [0.25, 0.3) is 0 Å². The Hall–Kier alpha value is -2.58. The smallest absolute Gasteiger partial charge is 0.243 e. The lowest BCUT2D eigenvalue weighted by atomic mass is 9.97. The number of ether oxygens (including phenoxy) is 2.